The van der Waals surface area contributed by atoms with E-state index in [0.717, 1.165) is 16.7 Å². The molecule has 6 nitrogen and oxygen atoms in total. The standard InChI is InChI=1S/C23H23F2N3O3S2/c1-14-4-11-20(16(3)12-14)28-33(29,30)19-10-5-15(2)21(13-19)27-23(32)26-17-6-8-18(9-7-17)31-22(24)25/h4-13,22,28H,1-3H3,(H2,26,27,32). The molecule has 33 heavy (non-hydrogen) atoms. The minimum atomic E-state index is -3.83. The van der Waals surface area contributed by atoms with Crippen molar-refractivity contribution in [3.63, 3.8) is 0 Å². The van der Waals surface area contributed by atoms with Crippen molar-refractivity contribution in [3.8, 4) is 5.75 Å². The van der Waals surface area contributed by atoms with Gasteiger partial charge in [0.2, 0.25) is 0 Å². The van der Waals surface area contributed by atoms with E-state index in [9.17, 15) is 17.2 Å². The molecule has 0 aliphatic rings. The van der Waals surface area contributed by atoms with Gasteiger partial charge in [-0.25, -0.2) is 8.42 Å². The third-order valence-corrected chi connectivity index (χ3v) is 6.30. The number of hydrogen-bond acceptors (Lipinski definition) is 4. The van der Waals surface area contributed by atoms with Crippen molar-refractivity contribution in [1.29, 1.82) is 0 Å². The van der Waals surface area contributed by atoms with Crippen LogP contribution in [0.2, 0.25) is 0 Å². The Morgan fingerprint density at radius 2 is 1.58 bits per heavy atom. The third-order valence-electron chi connectivity index (χ3n) is 4.73. The van der Waals surface area contributed by atoms with E-state index in [-0.39, 0.29) is 15.8 Å². The Labute approximate surface area is 197 Å². The largest absolute Gasteiger partial charge is 0.435 e. The Kier molecular flexibility index (Phi) is 7.50. The number of rotatable bonds is 7. The molecule has 0 saturated carbocycles. The molecule has 3 aromatic rings. The van der Waals surface area contributed by atoms with Crippen LogP contribution < -0.4 is 20.1 Å². The van der Waals surface area contributed by atoms with Gasteiger partial charge >= 0.3 is 6.61 Å². The van der Waals surface area contributed by atoms with Gasteiger partial charge in [0.1, 0.15) is 5.75 Å². The molecule has 0 aromatic heterocycles. The van der Waals surface area contributed by atoms with Crippen molar-refractivity contribution in [2.24, 2.45) is 0 Å². The number of anilines is 3. The van der Waals surface area contributed by atoms with Crippen LogP contribution in [0.4, 0.5) is 25.8 Å². The summed E-state index contributed by atoms with van der Waals surface area (Å²) in [4.78, 5) is 0.0758. The highest BCUT2D eigenvalue weighted by molar-refractivity contribution is 7.92. The highest BCUT2D eigenvalue weighted by atomic mass is 32.2. The number of thiocarbonyl (C=S) groups is 1. The summed E-state index contributed by atoms with van der Waals surface area (Å²) in [5.41, 5.74) is 4.20. The minimum Gasteiger partial charge on any atom is -0.435 e. The van der Waals surface area contributed by atoms with Crippen LogP contribution in [0.5, 0.6) is 5.75 Å². The number of benzene rings is 3. The average Bonchev–Trinajstić information content (AvgIpc) is 2.72. The molecule has 0 unspecified atom stereocenters. The topological polar surface area (TPSA) is 79.5 Å². The number of aryl methyl sites for hydroxylation is 3. The number of alkyl halides is 2. The van der Waals surface area contributed by atoms with Crippen LogP contribution in [0.15, 0.2) is 65.6 Å². The van der Waals surface area contributed by atoms with Gasteiger partial charge in [-0.3, -0.25) is 4.72 Å². The fraction of sp³-hybridized carbons (Fsp3) is 0.174. The van der Waals surface area contributed by atoms with Crippen molar-refractivity contribution in [1.82, 2.24) is 0 Å². The fourth-order valence-electron chi connectivity index (χ4n) is 3.04. The minimum absolute atomic E-state index is 0.0273. The lowest BCUT2D eigenvalue weighted by Gasteiger charge is -2.15. The van der Waals surface area contributed by atoms with Crippen molar-refractivity contribution in [2.45, 2.75) is 32.3 Å². The van der Waals surface area contributed by atoms with Crippen LogP contribution in [0, 0.1) is 20.8 Å². The van der Waals surface area contributed by atoms with E-state index in [1.165, 1.54) is 36.4 Å². The summed E-state index contributed by atoms with van der Waals surface area (Å²) in [7, 11) is -3.83. The normalized spacial score (nSPS) is 11.2. The maximum Gasteiger partial charge on any atom is 0.387 e. The first-order valence-electron chi connectivity index (χ1n) is 9.87. The SMILES string of the molecule is Cc1ccc(NS(=O)(=O)c2ccc(C)c(NC(=S)Nc3ccc(OC(F)F)cc3)c2)c(C)c1. The van der Waals surface area contributed by atoms with Gasteiger partial charge in [-0.15, -0.1) is 0 Å². The lowest BCUT2D eigenvalue weighted by Crippen LogP contribution is -2.20. The van der Waals surface area contributed by atoms with Crippen LogP contribution in [-0.4, -0.2) is 20.1 Å². The molecule has 3 rings (SSSR count). The van der Waals surface area contributed by atoms with Gasteiger partial charge in [0.15, 0.2) is 5.11 Å². The van der Waals surface area contributed by atoms with E-state index in [4.69, 9.17) is 12.2 Å². The first-order valence-corrected chi connectivity index (χ1v) is 11.8. The Morgan fingerprint density at radius 3 is 2.21 bits per heavy atom. The smallest absolute Gasteiger partial charge is 0.387 e. The van der Waals surface area contributed by atoms with E-state index in [0.29, 0.717) is 17.1 Å². The van der Waals surface area contributed by atoms with Gasteiger partial charge in [-0.1, -0.05) is 23.8 Å². The van der Waals surface area contributed by atoms with E-state index >= 15 is 0 Å². The summed E-state index contributed by atoms with van der Waals surface area (Å²) in [6.07, 6.45) is 0. The highest BCUT2D eigenvalue weighted by Gasteiger charge is 2.17. The zero-order valence-corrected chi connectivity index (χ0v) is 19.8. The summed E-state index contributed by atoms with van der Waals surface area (Å²) >= 11 is 5.31. The maximum atomic E-state index is 12.9. The number of hydrogen-bond donors (Lipinski definition) is 3. The van der Waals surface area contributed by atoms with Gasteiger partial charge in [0.05, 0.1) is 10.6 Å². The molecule has 10 heteroatoms. The number of nitrogens with one attached hydrogen (secondary N) is 3. The van der Waals surface area contributed by atoms with Crippen LogP contribution in [0.25, 0.3) is 0 Å². The Morgan fingerprint density at radius 1 is 0.879 bits per heavy atom. The summed E-state index contributed by atoms with van der Waals surface area (Å²) < 4.78 is 57.3. The van der Waals surface area contributed by atoms with Crippen molar-refractivity contribution < 1.29 is 21.9 Å². The van der Waals surface area contributed by atoms with Crippen molar-refractivity contribution >= 4 is 44.4 Å². The molecule has 0 bridgehead atoms. The maximum absolute atomic E-state index is 12.9. The summed E-state index contributed by atoms with van der Waals surface area (Å²) in [6.45, 7) is 2.69. The second-order valence-corrected chi connectivity index (χ2v) is 9.47. The van der Waals surface area contributed by atoms with Gasteiger partial charge in [0, 0.05) is 11.4 Å². The predicted octanol–water partition coefficient (Wildman–Crippen LogP) is 5.82. The van der Waals surface area contributed by atoms with Gasteiger partial charge in [-0.2, -0.15) is 8.78 Å². The number of ether oxygens (including phenoxy) is 1. The van der Waals surface area contributed by atoms with E-state index in [1.54, 1.807) is 12.1 Å². The second kappa shape index (κ2) is 10.1. The van der Waals surface area contributed by atoms with E-state index < -0.39 is 16.6 Å². The predicted molar refractivity (Wildman–Crippen MR) is 131 cm³/mol. The fourth-order valence-corrected chi connectivity index (χ4v) is 4.42. The molecule has 0 fully saturated rings. The molecule has 0 saturated heterocycles. The van der Waals surface area contributed by atoms with E-state index in [2.05, 4.69) is 20.1 Å². The lowest BCUT2D eigenvalue weighted by molar-refractivity contribution is -0.0498. The average molecular weight is 492 g/mol. The molecule has 0 aliphatic heterocycles. The van der Waals surface area contributed by atoms with Gasteiger partial charge in [0.25, 0.3) is 10.0 Å². The Hall–Kier alpha value is -3.24. The Bertz CT molecular complexity index is 1260. The second-order valence-electron chi connectivity index (χ2n) is 7.38. The van der Waals surface area contributed by atoms with E-state index in [1.807, 2.05) is 32.9 Å². The summed E-state index contributed by atoms with van der Waals surface area (Å²) in [5.74, 6) is 0.0273. The van der Waals surface area contributed by atoms with Gasteiger partial charge < -0.3 is 15.4 Å². The first kappa shape index (κ1) is 24.4. The van der Waals surface area contributed by atoms with Crippen molar-refractivity contribution in [3.05, 3.63) is 77.4 Å². The summed E-state index contributed by atoms with van der Waals surface area (Å²) in [5, 5.41) is 6.10. The zero-order valence-electron chi connectivity index (χ0n) is 18.1. The van der Waals surface area contributed by atoms with Crippen LogP contribution >= 0.6 is 12.2 Å². The first-order chi connectivity index (χ1) is 15.5. The lowest BCUT2D eigenvalue weighted by atomic mass is 10.1. The Balaban J connectivity index is 1.73. The molecule has 0 amide bonds. The van der Waals surface area contributed by atoms with Crippen LogP contribution in [0.1, 0.15) is 16.7 Å². The molecule has 0 aliphatic carbocycles. The quantitative estimate of drug-likeness (QED) is 0.361. The van der Waals surface area contributed by atoms with Crippen molar-refractivity contribution in [2.75, 3.05) is 15.4 Å². The van der Waals surface area contributed by atoms with Crippen LogP contribution in [-0.2, 0) is 10.0 Å². The molecule has 0 atom stereocenters. The molecule has 0 radical (unpaired) electrons. The molecular formula is C23H23F2N3O3S2. The molecular weight excluding hydrogens is 468 g/mol. The molecule has 0 spiro atoms. The number of sulfonamides is 1. The zero-order chi connectivity index (χ0) is 24.2. The summed E-state index contributed by atoms with van der Waals surface area (Å²) in [6, 6.07) is 16.0. The van der Waals surface area contributed by atoms with Gasteiger partial charge in [-0.05, 0) is 86.6 Å². The molecule has 0 heterocycles. The van der Waals surface area contributed by atoms with Crippen LogP contribution in [0.3, 0.4) is 0 Å². The molecule has 3 aromatic carbocycles. The molecule has 174 valence electrons. The molecule has 3 N–H and O–H groups in total. The highest BCUT2D eigenvalue weighted by Crippen LogP contribution is 2.25. The third kappa shape index (κ3) is 6.62. The monoisotopic (exact) mass is 491 g/mol. The number of halogens is 2.